The topological polar surface area (TPSA) is 25.2 Å². The van der Waals surface area contributed by atoms with Crippen LogP contribution in [0.3, 0.4) is 0 Å². The molecule has 0 fully saturated rings. The highest BCUT2D eigenvalue weighted by atomic mass is 16.3. The lowest BCUT2D eigenvalue weighted by molar-refractivity contribution is 0.199. The van der Waals surface area contributed by atoms with Gasteiger partial charge in [0.15, 0.2) is 0 Å². The molecule has 0 bridgehead atoms. The number of nitrogens with zero attached hydrogens (tertiary/aromatic N) is 1. The third-order valence-electron chi connectivity index (χ3n) is 1.60. The van der Waals surface area contributed by atoms with E-state index in [2.05, 4.69) is 6.58 Å². The molecular weight excluding hydrogens is 138 g/mol. The van der Waals surface area contributed by atoms with Gasteiger partial charge in [0.2, 0.25) is 0 Å². The third-order valence-corrected chi connectivity index (χ3v) is 1.60. The summed E-state index contributed by atoms with van der Waals surface area (Å²) in [5.74, 6) is 0. The van der Waals surface area contributed by atoms with E-state index in [9.17, 15) is 0 Å². The van der Waals surface area contributed by atoms with Gasteiger partial charge in [0.1, 0.15) is 0 Å². The van der Waals surface area contributed by atoms with E-state index in [4.69, 9.17) is 5.11 Å². The van der Waals surface area contributed by atoms with Gasteiger partial charge in [-0.1, -0.05) is 6.08 Å². The van der Waals surface area contributed by atoms with E-state index in [1.54, 1.807) is 6.92 Å². The van der Waals surface area contributed by atoms with Gasteiger partial charge in [-0.05, 0) is 18.6 Å². The summed E-state index contributed by atoms with van der Waals surface area (Å²) < 4.78 is 1.98. The van der Waals surface area contributed by atoms with Crippen molar-refractivity contribution in [2.75, 3.05) is 0 Å². The minimum Gasteiger partial charge on any atom is -0.389 e. The Morgan fingerprint density at radius 3 is 3.00 bits per heavy atom. The van der Waals surface area contributed by atoms with Gasteiger partial charge in [0, 0.05) is 18.9 Å². The molecule has 0 amide bonds. The number of aliphatic hydroxyl groups excluding tert-OH is 1. The van der Waals surface area contributed by atoms with Crippen molar-refractivity contribution >= 4 is 0 Å². The number of hydrogen-bond donors (Lipinski definition) is 1. The average Bonchev–Trinajstić information content (AvgIpc) is 2.37. The van der Waals surface area contributed by atoms with Crippen molar-refractivity contribution in [3.63, 3.8) is 0 Å². The molecule has 1 N–H and O–H groups in total. The summed E-state index contributed by atoms with van der Waals surface area (Å²) in [4.78, 5) is 0. The largest absolute Gasteiger partial charge is 0.389 e. The van der Waals surface area contributed by atoms with Gasteiger partial charge >= 0.3 is 0 Å². The van der Waals surface area contributed by atoms with Crippen LogP contribution in [0, 0.1) is 0 Å². The van der Waals surface area contributed by atoms with E-state index < -0.39 is 0 Å². The van der Waals surface area contributed by atoms with E-state index in [0.717, 1.165) is 12.1 Å². The Bertz CT molecular complexity index is 237. The van der Waals surface area contributed by atoms with Crippen LogP contribution in [0.2, 0.25) is 0 Å². The Morgan fingerprint density at radius 1 is 1.82 bits per heavy atom. The molecule has 1 atom stereocenters. The molecule has 0 aliphatic rings. The number of aromatic nitrogens is 1. The van der Waals surface area contributed by atoms with Crippen LogP contribution >= 0.6 is 0 Å². The Balaban J connectivity index is 2.73. The fourth-order valence-corrected chi connectivity index (χ4v) is 0.969. The van der Waals surface area contributed by atoms with Crippen LogP contribution in [0.5, 0.6) is 0 Å². The quantitative estimate of drug-likeness (QED) is 0.654. The van der Waals surface area contributed by atoms with Crippen molar-refractivity contribution < 1.29 is 5.11 Å². The van der Waals surface area contributed by atoms with E-state index in [1.165, 1.54) is 0 Å². The molecule has 60 valence electrons. The van der Waals surface area contributed by atoms with Gasteiger partial charge in [-0.2, -0.15) is 0 Å². The fourth-order valence-electron chi connectivity index (χ4n) is 0.969. The lowest BCUT2D eigenvalue weighted by Crippen LogP contribution is -1.91. The average molecular weight is 151 g/mol. The van der Waals surface area contributed by atoms with Crippen LogP contribution in [-0.4, -0.2) is 9.67 Å². The van der Waals surface area contributed by atoms with Crippen LogP contribution in [0.15, 0.2) is 31.1 Å². The predicted molar refractivity (Wildman–Crippen MR) is 45.3 cm³/mol. The van der Waals surface area contributed by atoms with Gasteiger partial charge in [0.05, 0.1) is 6.10 Å². The maximum Gasteiger partial charge on any atom is 0.0776 e. The fraction of sp³-hybridized carbons (Fsp3) is 0.333. The SMILES string of the molecule is C=CCn1ccc(C(C)O)c1. The molecule has 2 nitrogen and oxygen atoms in total. The lowest BCUT2D eigenvalue weighted by Gasteiger charge is -1.98. The van der Waals surface area contributed by atoms with Crippen LogP contribution in [0.4, 0.5) is 0 Å². The minimum absolute atomic E-state index is 0.374. The summed E-state index contributed by atoms with van der Waals surface area (Å²) in [6, 6.07) is 1.91. The van der Waals surface area contributed by atoms with Crippen LogP contribution in [-0.2, 0) is 6.54 Å². The van der Waals surface area contributed by atoms with E-state index in [0.29, 0.717) is 0 Å². The molecule has 2 heteroatoms. The van der Waals surface area contributed by atoms with Gasteiger partial charge in [-0.25, -0.2) is 0 Å². The number of hydrogen-bond acceptors (Lipinski definition) is 1. The second-order valence-electron chi connectivity index (χ2n) is 2.61. The number of rotatable bonds is 3. The highest BCUT2D eigenvalue weighted by molar-refractivity contribution is 5.12. The monoisotopic (exact) mass is 151 g/mol. The maximum atomic E-state index is 9.17. The first-order valence-electron chi connectivity index (χ1n) is 3.68. The van der Waals surface area contributed by atoms with Crippen molar-refractivity contribution in [2.24, 2.45) is 0 Å². The molecule has 1 aromatic rings. The Kier molecular flexibility index (Phi) is 2.49. The molecule has 0 aliphatic carbocycles. The van der Waals surface area contributed by atoms with Crippen molar-refractivity contribution in [2.45, 2.75) is 19.6 Å². The van der Waals surface area contributed by atoms with E-state index >= 15 is 0 Å². The molecule has 1 aromatic heterocycles. The third kappa shape index (κ3) is 1.95. The number of aliphatic hydroxyl groups is 1. The molecule has 1 heterocycles. The van der Waals surface area contributed by atoms with Crippen LogP contribution < -0.4 is 0 Å². The van der Waals surface area contributed by atoms with Crippen molar-refractivity contribution in [1.29, 1.82) is 0 Å². The first-order valence-corrected chi connectivity index (χ1v) is 3.68. The van der Waals surface area contributed by atoms with Crippen LogP contribution in [0.25, 0.3) is 0 Å². The summed E-state index contributed by atoms with van der Waals surface area (Å²) in [6.45, 7) is 6.18. The van der Waals surface area contributed by atoms with Crippen molar-refractivity contribution in [3.05, 3.63) is 36.7 Å². The Morgan fingerprint density at radius 2 is 2.55 bits per heavy atom. The van der Waals surface area contributed by atoms with Crippen molar-refractivity contribution in [3.8, 4) is 0 Å². The standard InChI is InChI=1S/C9H13NO/c1-3-5-10-6-4-9(7-10)8(2)11/h3-4,6-8,11H,1,5H2,2H3. The zero-order chi connectivity index (χ0) is 8.27. The molecule has 0 saturated heterocycles. The smallest absolute Gasteiger partial charge is 0.0776 e. The predicted octanol–water partition coefficient (Wildman–Crippen LogP) is 1.73. The molecule has 0 spiro atoms. The van der Waals surface area contributed by atoms with Gasteiger partial charge in [-0.15, -0.1) is 6.58 Å². The lowest BCUT2D eigenvalue weighted by atomic mass is 10.2. The van der Waals surface area contributed by atoms with E-state index in [1.807, 2.05) is 29.1 Å². The molecular formula is C9H13NO. The first-order chi connectivity index (χ1) is 5.24. The normalized spacial score (nSPS) is 12.9. The van der Waals surface area contributed by atoms with Gasteiger partial charge in [0.25, 0.3) is 0 Å². The highest BCUT2D eigenvalue weighted by Crippen LogP contribution is 2.11. The van der Waals surface area contributed by atoms with Crippen LogP contribution in [0.1, 0.15) is 18.6 Å². The Hall–Kier alpha value is -1.02. The molecule has 0 saturated carbocycles. The molecule has 0 aliphatic heterocycles. The molecule has 0 radical (unpaired) electrons. The Labute approximate surface area is 66.8 Å². The molecule has 1 unspecified atom stereocenters. The second kappa shape index (κ2) is 3.39. The second-order valence-corrected chi connectivity index (χ2v) is 2.61. The van der Waals surface area contributed by atoms with Crippen molar-refractivity contribution in [1.82, 2.24) is 4.57 Å². The summed E-state index contributed by atoms with van der Waals surface area (Å²) in [7, 11) is 0. The maximum absolute atomic E-state index is 9.17. The summed E-state index contributed by atoms with van der Waals surface area (Å²) in [6.07, 6.45) is 5.31. The van der Waals surface area contributed by atoms with Gasteiger partial charge in [-0.3, -0.25) is 0 Å². The summed E-state index contributed by atoms with van der Waals surface area (Å²) in [5.41, 5.74) is 0.951. The summed E-state index contributed by atoms with van der Waals surface area (Å²) >= 11 is 0. The number of allylic oxidation sites excluding steroid dienone is 1. The summed E-state index contributed by atoms with van der Waals surface area (Å²) in [5, 5.41) is 9.17. The molecule has 0 aromatic carbocycles. The molecule has 1 rings (SSSR count). The zero-order valence-corrected chi connectivity index (χ0v) is 6.70. The zero-order valence-electron chi connectivity index (χ0n) is 6.70. The highest BCUT2D eigenvalue weighted by Gasteiger charge is 2.00. The molecule has 11 heavy (non-hydrogen) atoms. The minimum atomic E-state index is -0.374. The van der Waals surface area contributed by atoms with E-state index in [-0.39, 0.29) is 6.10 Å². The first kappa shape index (κ1) is 8.08. The van der Waals surface area contributed by atoms with Gasteiger partial charge < -0.3 is 9.67 Å².